The van der Waals surface area contributed by atoms with Gasteiger partial charge in [-0.05, 0) is 23.8 Å². The van der Waals surface area contributed by atoms with Gasteiger partial charge < -0.3 is 10.0 Å². The molecule has 0 saturated heterocycles. The Morgan fingerprint density at radius 2 is 2.06 bits per heavy atom. The van der Waals surface area contributed by atoms with Crippen molar-refractivity contribution in [1.82, 2.24) is 9.97 Å². The van der Waals surface area contributed by atoms with Crippen molar-refractivity contribution in [2.45, 2.75) is 13.2 Å². The molecule has 0 aromatic carbocycles. The van der Waals surface area contributed by atoms with Crippen LogP contribution in [-0.2, 0) is 13.2 Å². The minimum Gasteiger partial charge on any atom is -0.392 e. The number of aliphatic hydroxyl groups is 1. The Morgan fingerprint density at radius 1 is 1.18 bits per heavy atom. The zero-order chi connectivity index (χ0) is 12.1. The predicted molar refractivity (Wildman–Crippen MR) is 66.5 cm³/mol. The third-order valence-electron chi connectivity index (χ3n) is 2.51. The molecule has 0 atom stereocenters. The van der Waals surface area contributed by atoms with Gasteiger partial charge in [-0.1, -0.05) is 12.1 Å². The van der Waals surface area contributed by atoms with Crippen LogP contribution in [0.4, 0.5) is 5.82 Å². The van der Waals surface area contributed by atoms with E-state index in [1.807, 2.05) is 42.3 Å². The Labute approximate surface area is 101 Å². The SMILES string of the molecule is CN(Cc1ccccn1)c1ccc(CO)cn1. The Kier molecular flexibility index (Phi) is 3.67. The molecule has 0 unspecified atom stereocenters. The summed E-state index contributed by atoms with van der Waals surface area (Å²) in [6, 6.07) is 9.63. The fourth-order valence-corrected chi connectivity index (χ4v) is 1.55. The minimum absolute atomic E-state index is 0.0250. The lowest BCUT2D eigenvalue weighted by Crippen LogP contribution is -2.18. The fraction of sp³-hybridized carbons (Fsp3) is 0.231. The second-order valence-electron chi connectivity index (χ2n) is 3.86. The van der Waals surface area contributed by atoms with E-state index in [0.717, 1.165) is 17.1 Å². The average molecular weight is 229 g/mol. The number of anilines is 1. The molecule has 4 heteroatoms. The predicted octanol–water partition coefficient (Wildman–Crippen LogP) is 1.61. The van der Waals surface area contributed by atoms with Gasteiger partial charge in [-0.2, -0.15) is 0 Å². The van der Waals surface area contributed by atoms with Crippen LogP contribution in [0.2, 0.25) is 0 Å². The highest BCUT2D eigenvalue weighted by Gasteiger charge is 2.03. The Morgan fingerprint density at radius 3 is 2.65 bits per heavy atom. The number of aliphatic hydroxyl groups excluding tert-OH is 1. The zero-order valence-corrected chi connectivity index (χ0v) is 9.74. The first-order chi connectivity index (χ1) is 8.29. The standard InChI is InChI=1S/C13H15N3O/c1-16(9-12-4-2-3-7-14-12)13-6-5-11(10-17)8-15-13/h2-8,17H,9-10H2,1H3. The molecule has 0 aliphatic carbocycles. The summed E-state index contributed by atoms with van der Waals surface area (Å²) in [5, 5.41) is 8.94. The fourth-order valence-electron chi connectivity index (χ4n) is 1.55. The Bertz CT molecular complexity index is 456. The van der Waals surface area contributed by atoms with Gasteiger partial charge in [-0.25, -0.2) is 4.98 Å². The molecular weight excluding hydrogens is 214 g/mol. The van der Waals surface area contributed by atoms with E-state index in [9.17, 15) is 0 Å². The summed E-state index contributed by atoms with van der Waals surface area (Å²) < 4.78 is 0. The highest BCUT2D eigenvalue weighted by Crippen LogP contribution is 2.12. The van der Waals surface area contributed by atoms with Crippen LogP contribution in [0.3, 0.4) is 0 Å². The maximum atomic E-state index is 8.94. The lowest BCUT2D eigenvalue weighted by molar-refractivity contribution is 0.281. The van der Waals surface area contributed by atoms with Gasteiger partial charge in [0.25, 0.3) is 0 Å². The molecule has 2 aromatic heterocycles. The molecule has 0 bridgehead atoms. The minimum atomic E-state index is 0.0250. The van der Waals surface area contributed by atoms with Crippen LogP contribution in [0.1, 0.15) is 11.3 Å². The zero-order valence-electron chi connectivity index (χ0n) is 9.74. The average Bonchev–Trinajstić information content (AvgIpc) is 2.40. The van der Waals surface area contributed by atoms with Crippen LogP contribution in [0, 0.1) is 0 Å². The molecule has 0 spiro atoms. The second kappa shape index (κ2) is 5.41. The van der Waals surface area contributed by atoms with Crippen molar-refractivity contribution in [3.63, 3.8) is 0 Å². The first-order valence-electron chi connectivity index (χ1n) is 5.46. The molecule has 2 heterocycles. The van der Waals surface area contributed by atoms with Crippen molar-refractivity contribution in [3.8, 4) is 0 Å². The second-order valence-corrected chi connectivity index (χ2v) is 3.86. The third kappa shape index (κ3) is 3.01. The molecule has 1 N–H and O–H groups in total. The summed E-state index contributed by atoms with van der Waals surface area (Å²) in [7, 11) is 1.97. The Hall–Kier alpha value is -1.94. The number of hydrogen-bond donors (Lipinski definition) is 1. The number of pyridine rings is 2. The number of nitrogens with zero attached hydrogens (tertiary/aromatic N) is 3. The van der Waals surface area contributed by atoms with Gasteiger partial charge in [-0.3, -0.25) is 4.98 Å². The van der Waals surface area contributed by atoms with Crippen LogP contribution in [0.15, 0.2) is 42.7 Å². The molecule has 2 aromatic rings. The van der Waals surface area contributed by atoms with E-state index < -0.39 is 0 Å². The molecule has 0 aliphatic rings. The first kappa shape index (κ1) is 11.5. The summed E-state index contributed by atoms with van der Waals surface area (Å²) in [4.78, 5) is 10.6. The molecular formula is C13H15N3O. The van der Waals surface area contributed by atoms with Gasteiger partial charge in [0.1, 0.15) is 5.82 Å². The first-order valence-corrected chi connectivity index (χ1v) is 5.46. The number of rotatable bonds is 4. The van der Waals surface area contributed by atoms with Gasteiger partial charge in [0, 0.05) is 19.4 Å². The van der Waals surface area contributed by atoms with E-state index in [-0.39, 0.29) is 6.61 Å². The van der Waals surface area contributed by atoms with Crippen molar-refractivity contribution < 1.29 is 5.11 Å². The van der Waals surface area contributed by atoms with Crippen LogP contribution in [0.5, 0.6) is 0 Å². The Balaban J connectivity index is 2.06. The molecule has 0 saturated carbocycles. The smallest absolute Gasteiger partial charge is 0.128 e. The highest BCUT2D eigenvalue weighted by molar-refractivity contribution is 5.38. The van der Waals surface area contributed by atoms with Crippen molar-refractivity contribution in [2.75, 3.05) is 11.9 Å². The van der Waals surface area contributed by atoms with E-state index in [1.54, 1.807) is 12.4 Å². The van der Waals surface area contributed by atoms with E-state index in [4.69, 9.17) is 5.11 Å². The summed E-state index contributed by atoms with van der Waals surface area (Å²) in [6.45, 7) is 0.740. The van der Waals surface area contributed by atoms with Crippen molar-refractivity contribution in [2.24, 2.45) is 0 Å². The van der Waals surface area contributed by atoms with Gasteiger partial charge >= 0.3 is 0 Å². The molecule has 0 radical (unpaired) electrons. The van der Waals surface area contributed by atoms with E-state index >= 15 is 0 Å². The maximum absolute atomic E-state index is 8.94. The molecule has 17 heavy (non-hydrogen) atoms. The topological polar surface area (TPSA) is 49.2 Å². The van der Waals surface area contributed by atoms with Crippen LogP contribution in [-0.4, -0.2) is 22.1 Å². The lowest BCUT2D eigenvalue weighted by Gasteiger charge is -2.17. The van der Waals surface area contributed by atoms with E-state index in [1.165, 1.54) is 0 Å². The third-order valence-corrected chi connectivity index (χ3v) is 2.51. The molecule has 0 fully saturated rings. The van der Waals surface area contributed by atoms with Crippen LogP contribution in [0.25, 0.3) is 0 Å². The number of aromatic nitrogens is 2. The van der Waals surface area contributed by atoms with Crippen LogP contribution < -0.4 is 4.90 Å². The van der Waals surface area contributed by atoms with Crippen molar-refractivity contribution in [3.05, 3.63) is 54.0 Å². The summed E-state index contributed by atoms with van der Waals surface area (Å²) >= 11 is 0. The van der Waals surface area contributed by atoms with Gasteiger partial charge in [-0.15, -0.1) is 0 Å². The molecule has 0 amide bonds. The molecule has 2 rings (SSSR count). The van der Waals surface area contributed by atoms with Crippen molar-refractivity contribution >= 4 is 5.82 Å². The quantitative estimate of drug-likeness (QED) is 0.865. The highest BCUT2D eigenvalue weighted by atomic mass is 16.3. The normalized spacial score (nSPS) is 10.2. The maximum Gasteiger partial charge on any atom is 0.128 e. The van der Waals surface area contributed by atoms with Crippen LogP contribution >= 0.6 is 0 Å². The largest absolute Gasteiger partial charge is 0.392 e. The van der Waals surface area contributed by atoms with Crippen molar-refractivity contribution in [1.29, 1.82) is 0 Å². The molecule has 4 nitrogen and oxygen atoms in total. The van der Waals surface area contributed by atoms with Gasteiger partial charge in [0.05, 0.1) is 18.8 Å². The van der Waals surface area contributed by atoms with Gasteiger partial charge in [0.15, 0.2) is 0 Å². The number of hydrogen-bond acceptors (Lipinski definition) is 4. The van der Waals surface area contributed by atoms with E-state index in [2.05, 4.69) is 9.97 Å². The summed E-state index contributed by atoms with van der Waals surface area (Å²) in [5.74, 6) is 0.868. The molecule has 88 valence electrons. The monoisotopic (exact) mass is 229 g/mol. The van der Waals surface area contributed by atoms with Gasteiger partial charge in [0.2, 0.25) is 0 Å². The summed E-state index contributed by atoms with van der Waals surface area (Å²) in [5.41, 5.74) is 1.82. The molecule has 0 aliphatic heterocycles. The summed E-state index contributed by atoms with van der Waals surface area (Å²) in [6.07, 6.45) is 3.47. The lowest BCUT2D eigenvalue weighted by atomic mass is 10.3. The van der Waals surface area contributed by atoms with E-state index in [0.29, 0.717) is 6.54 Å².